The van der Waals surface area contributed by atoms with Crippen LogP contribution in [0.1, 0.15) is 0 Å². The van der Waals surface area contributed by atoms with E-state index in [2.05, 4.69) is 0 Å². The molecule has 0 saturated heterocycles. The molecule has 6 N–H and O–H groups in total. The van der Waals surface area contributed by atoms with E-state index in [1.165, 1.54) is 0 Å². The topological polar surface area (TPSA) is 187 Å². The van der Waals surface area contributed by atoms with Crippen LogP contribution in [0, 0.1) is 0 Å². The Morgan fingerprint density at radius 1 is 1.11 bits per heavy atom. The SMILES string of the molecule is Nc1c(P(=O)(O)O)cc(O)c(O)c1P(=O)([O-])[O-].[Na+].[Na+]. The summed E-state index contributed by atoms with van der Waals surface area (Å²) >= 11 is 0. The summed E-state index contributed by atoms with van der Waals surface area (Å²) in [4.78, 5) is 39.2. The summed E-state index contributed by atoms with van der Waals surface area (Å²) in [7, 11) is -10.6. The van der Waals surface area contributed by atoms with E-state index in [9.17, 15) is 18.9 Å². The molecule has 0 bridgehead atoms. The van der Waals surface area contributed by atoms with E-state index in [0.29, 0.717) is 6.07 Å². The molecule has 96 valence electrons. The van der Waals surface area contributed by atoms with E-state index in [4.69, 9.17) is 25.7 Å². The molecule has 19 heavy (non-hydrogen) atoms. The van der Waals surface area contributed by atoms with Crippen LogP contribution in [0.4, 0.5) is 5.69 Å². The maximum atomic E-state index is 10.9. The molecule has 0 amide bonds. The predicted molar refractivity (Wildman–Crippen MR) is 53.1 cm³/mol. The van der Waals surface area contributed by atoms with E-state index < -0.39 is 43.0 Å². The zero-order chi connectivity index (χ0) is 13.6. The van der Waals surface area contributed by atoms with Gasteiger partial charge in [-0.2, -0.15) is 0 Å². The molecule has 0 saturated carbocycles. The van der Waals surface area contributed by atoms with Crippen LogP contribution in [-0.2, 0) is 9.13 Å². The van der Waals surface area contributed by atoms with Gasteiger partial charge in [0, 0.05) is 6.07 Å². The summed E-state index contributed by atoms with van der Waals surface area (Å²) in [6.45, 7) is 0. The van der Waals surface area contributed by atoms with E-state index in [1.807, 2.05) is 0 Å². The van der Waals surface area contributed by atoms with Crippen molar-refractivity contribution in [3.63, 3.8) is 0 Å². The van der Waals surface area contributed by atoms with Crippen molar-refractivity contribution in [3.05, 3.63) is 6.07 Å². The van der Waals surface area contributed by atoms with Gasteiger partial charge in [0.1, 0.15) is 0 Å². The second-order valence-electron chi connectivity index (χ2n) is 3.07. The maximum absolute atomic E-state index is 10.9. The number of benzene rings is 1. The quantitative estimate of drug-likeness (QED) is 0.115. The Balaban J connectivity index is 0. The molecule has 9 nitrogen and oxygen atoms in total. The smallest absolute Gasteiger partial charge is 0.807 e. The second kappa shape index (κ2) is 7.26. The van der Waals surface area contributed by atoms with Crippen LogP contribution in [0.15, 0.2) is 6.07 Å². The number of nitrogens with two attached hydrogens (primary N) is 1. The first-order valence-electron chi connectivity index (χ1n) is 3.89. The molecule has 0 spiro atoms. The van der Waals surface area contributed by atoms with Gasteiger partial charge in [0.25, 0.3) is 0 Å². The zero-order valence-corrected chi connectivity index (χ0v) is 15.8. The van der Waals surface area contributed by atoms with Crippen LogP contribution >= 0.6 is 15.2 Å². The molecule has 1 aromatic carbocycles. The van der Waals surface area contributed by atoms with Crippen molar-refractivity contribution in [2.45, 2.75) is 0 Å². The molecule has 0 radical (unpaired) electrons. The van der Waals surface area contributed by atoms with Gasteiger partial charge in [-0.25, -0.2) is 0 Å². The van der Waals surface area contributed by atoms with Crippen LogP contribution in [-0.4, -0.2) is 20.0 Å². The number of phenols is 2. The fourth-order valence-electron chi connectivity index (χ4n) is 1.16. The fourth-order valence-corrected chi connectivity index (χ4v) is 2.76. The third-order valence-corrected chi connectivity index (χ3v) is 3.86. The third-order valence-electron chi connectivity index (χ3n) is 1.86. The van der Waals surface area contributed by atoms with Gasteiger partial charge in [-0.05, 0) is 7.60 Å². The van der Waals surface area contributed by atoms with Crippen molar-refractivity contribution < 1.29 is 98.0 Å². The van der Waals surface area contributed by atoms with Crippen molar-refractivity contribution in [3.8, 4) is 11.5 Å². The first-order valence-corrected chi connectivity index (χ1v) is 7.05. The standard InChI is InChI=1S/C6H9NO8P2.2Na/c7-4-3(16(10,11)12)1-2(8)5(9)6(4)17(13,14)15;;/h1,8-9H,7H2,(H2,10,11,12)(H2,13,14,15);;/q;2*+1/p-2. The fraction of sp³-hybridized carbons (Fsp3) is 0. The Labute approximate surface area is 151 Å². The van der Waals surface area contributed by atoms with Gasteiger partial charge in [0.2, 0.25) is 0 Å². The molecule has 0 aliphatic carbocycles. The summed E-state index contributed by atoms with van der Waals surface area (Å²) in [5.74, 6) is -2.51. The Morgan fingerprint density at radius 2 is 1.53 bits per heavy atom. The van der Waals surface area contributed by atoms with E-state index >= 15 is 0 Å². The van der Waals surface area contributed by atoms with E-state index in [1.54, 1.807) is 0 Å². The number of hydrogen-bond acceptors (Lipinski definition) is 7. The van der Waals surface area contributed by atoms with Gasteiger partial charge in [-0.3, -0.25) is 4.57 Å². The zero-order valence-electron chi connectivity index (χ0n) is 9.97. The molecule has 0 heterocycles. The largest absolute Gasteiger partial charge is 1.00 e. The van der Waals surface area contributed by atoms with Gasteiger partial charge in [0.05, 0.1) is 16.3 Å². The van der Waals surface area contributed by atoms with Gasteiger partial charge >= 0.3 is 66.7 Å². The van der Waals surface area contributed by atoms with Crippen molar-refractivity contribution in [1.29, 1.82) is 0 Å². The number of anilines is 1. The summed E-state index contributed by atoms with van der Waals surface area (Å²) in [6, 6.07) is 0.393. The van der Waals surface area contributed by atoms with Crippen LogP contribution < -0.4 is 85.2 Å². The molecule has 0 aromatic heterocycles. The van der Waals surface area contributed by atoms with Gasteiger partial charge in [0.15, 0.2) is 11.5 Å². The number of rotatable bonds is 2. The van der Waals surface area contributed by atoms with Crippen LogP contribution in [0.2, 0.25) is 0 Å². The number of aromatic hydroxyl groups is 2. The summed E-state index contributed by atoms with van der Waals surface area (Å²) in [6.07, 6.45) is 0. The van der Waals surface area contributed by atoms with E-state index in [0.717, 1.165) is 0 Å². The number of nitrogen functional groups attached to an aromatic ring is 1. The van der Waals surface area contributed by atoms with Crippen LogP contribution in [0.3, 0.4) is 0 Å². The first kappa shape index (κ1) is 22.2. The Bertz CT molecular complexity index is 567. The van der Waals surface area contributed by atoms with Crippen molar-refractivity contribution >= 4 is 31.5 Å². The van der Waals surface area contributed by atoms with Crippen molar-refractivity contribution in [2.75, 3.05) is 5.73 Å². The molecular weight excluding hydrogens is 322 g/mol. The van der Waals surface area contributed by atoms with Crippen LogP contribution in [0.25, 0.3) is 0 Å². The Hall–Kier alpha value is 0.920. The first-order chi connectivity index (χ1) is 7.46. The molecule has 0 aliphatic rings. The van der Waals surface area contributed by atoms with Gasteiger partial charge < -0.3 is 40.1 Å². The molecule has 0 aliphatic heterocycles. The third kappa shape index (κ3) is 5.00. The minimum Gasteiger partial charge on any atom is -0.807 e. The normalized spacial score (nSPS) is 11.4. The van der Waals surface area contributed by atoms with Crippen LogP contribution in [0.5, 0.6) is 11.5 Å². The summed E-state index contributed by atoms with van der Waals surface area (Å²) in [5, 5.41) is 15.8. The molecule has 13 heteroatoms. The van der Waals surface area contributed by atoms with Crippen molar-refractivity contribution in [1.82, 2.24) is 0 Å². The molecule has 1 rings (SSSR count). The number of phenolic OH excluding ortho intramolecular Hbond substituents is 2. The van der Waals surface area contributed by atoms with Gasteiger partial charge in [-0.1, -0.05) is 0 Å². The minimum absolute atomic E-state index is 0. The summed E-state index contributed by atoms with van der Waals surface area (Å²) < 4.78 is 21.7. The van der Waals surface area contributed by atoms with E-state index in [-0.39, 0.29) is 59.1 Å². The average Bonchev–Trinajstić information content (AvgIpc) is 2.07. The predicted octanol–water partition coefficient (Wildman–Crippen LogP) is -8.97. The minimum atomic E-state index is -5.60. The second-order valence-corrected chi connectivity index (χ2v) is 6.08. The van der Waals surface area contributed by atoms with Gasteiger partial charge in [-0.15, -0.1) is 0 Å². The van der Waals surface area contributed by atoms with Crippen molar-refractivity contribution in [2.24, 2.45) is 0 Å². The molecular formula is C6H7NNa2O8P2. The molecule has 0 unspecified atom stereocenters. The molecule has 1 aromatic rings. The Morgan fingerprint density at radius 3 is 1.84 bits per heavy atom. The number of hydrogen-bond donors (Lipinski definition) is 5. The molecule has 0 atom stereocenters. The Kier molecular flexibility index (Phi) is 8.49. The monoisotopic (exact) mass is 329 g/mol. The maximum Gasteiger partial charge on any atom is 1.00 e. The average molecular weight is 329 g/mol. The summed E-state index contributed by atoms with van der Waals surface area (Å²) in [5.41, 5.74) is 4.01. The molecule has 0 fully saturated rings.